The number of thioether (sulfide) groups is 2. The van der Waals surface area contributed by atoms with Crippen LogP contribution in [-0.4, -0.2) is 36.7 Å². The van der Waals surface area contributed by atoms with Crippen molar-refractivity contribution in [3.8, 4) is 5.75 Å². The van der Waals surface area contributed by atoms with Crippen LogP contribution in [0.15, 0.2) is 81.0 Å². The minimum Gasteiger partial charge on any atom is -0.497 e. The number of carbonyl (C=O) groups excluding carboxylic acids is 1. The number of benzene rings is 2. The molecule has 2 aromatic carbocycles. The Labute approximate surface area is 179 Å². The van der Waals surface area contributed by atoms with E-state index < -0.39 is 0 Å². The summed E-state index contributed by atoms with van der Waals surface area (Å²) in [5, 5.41) is 1.63. The van der Waals surface area contributed by atoms with Gasteiger partial charge in [0.15, 0.2) is 5.17 Å². The molecule has 5 nitrogen and oxygen atoms in total. The number of methoxy groups -OCH3 is 1. The molecular formula is C22H21N3O2S2. The summed E-state index contributed by atoms with van der Waals surface area (Å²) in [6.45, 7) is 4.77. The van der Waals surface area contributed by atoms with Gasteiger partial charge in [-0.05, 0) is 29.5 Å². The first-order valence-electron chi connectivity index (χ1n) is 9.15. The van der Waals surface area contributed by atoms with Crippen molar-refractivity contribution in [1.82, 2.24) is 4.90 Å². The van der Waals surface area contributed by atoms with Gasteiger partial charge in [0.1, 0.15) is 10.7 Å². The average molecular weight is 424 g/mol. The second kappa shape index (κ2) is 8.39. The van der Waals surface area contributed by atoms with Gasteiger partial charge in [0.05, 0.1) is 24.4 Å². The maximum Gasteiger partial charge on any atom is 0.269 e. The molecule has 0 aromatic heterocycles. The predicted octanol–water partition coefficient (Wildman–Crippen LogP) is 4.72. The third kappa shape index (κ3) is 3.80. The highest BCUT2D eigenvalue weighted by Crippen LogP contribution is 2.50. The molecule has 0 unspecified atom stereocenters. The molecule has 2 heterocycles. The second-order valence-electron chi connectivity index (χ2n) is 6.52. The van der Waals surface area contributed by atoms with Crippen molar-refractivity contribution in [1.29, 1.82) is 0 Å². The molecule has 0 radical (unpaired) electrons. The number of amidine groups is 1. The van der Waals surface area contributed by atoms with Gasteiger partial charge in [-0.3, -0.25) is 14.7 Å². The smallest absolute Gasteiger partial charge is 0.269 e. The van der Waals surface area contributed by atoms with Crippen LogP contribution in [0.5, 0.6) is 5.75 Å². The van der Waals surface area contributed by atoms with E-state index in [0.29, 0.717) is 23.2 Å². The van der Waals surface area contributed by atoms with E-state index in [0.717, 1.165) is 26.9 Å². The first-order chi connectivity index (χ1) is 14.1. The Hall–Kier alpha value is -2.64. The predicted molar refractivity (Wildman–Crippen MR) is 121 cm³/mol. The van der Waals surface area contributed by atoms with E-state index >= 15 is 0 Å². The van der Waals surface area contributed by atoms with E-state index in [1.165, 1.54) is 11.8 Å². The molecule has 148 valence electrons. The Bertz CT molecular complexity index is 1020. The molecule has 0 atom stereocenters. The molecule has 1 amide bonds. The Kier molecular flexibility index (Phi) is 5.69. The van der Waals surface area contributed by atoms with Crippen LogP contribution in [-0.2, 0) is 11.3 Å². The zero-order chi connectivity index (χ0) is 20.4. The highest BCUT2D eigenvalue weighted by atomic mass is 32.2. The first kappa shape index (κ1) is 19.7. The molecule has 0 saturated carbocycles. The van der Waals surface area contributed by atoms with Crippen molar-refractivity contribution >= 4 is 40.3 Å². The summed E-state index contributed by atoms with van der Waals surface area (Å²) in [7, 11) is 3.63. The monoisotopic (exact) mass is 423 g/mol. The Morgan fingerprint density at radius 3 is 2.69 bits per heavy atom. The molecule has 1 fully saturated rings. The molecule has 0 spiro atoms. The van der Waals surface area contributed by atoms with Crippen LogP contribution in [0, 0.1) is 0 Å². The maximum atomic E-state index is 13.2. The lowest BCUT2D eigenvalue weighted by Crippen LogP contribution is -2.29. The van der Waals surface area contributed by atoms with Gasteiger partial charge in [-0.25, -0.2) is 0 Å². The third-order valence-electron chi connectivity index (χ3n) is 4.65. The lowest BCUT2D eigenvalue weighted by atomic mass is 10.2. The second-order valence-corrected chi connectivity index (χ2v) is 8.53. The summed E-state index contributed by atoms with van der Waals surface area (Å²) in [5.41, 5.74) is 2.15. The molecular weight excluding hydrogens is 402 g/mol. The highest BCUT2D eigenvalue weighted by Gasteiger charge is 2.38. The number of amides is 1. The van der Waals surface area contributed by atoms with Crippen molar-refractivity contribution in [2.75, 3.05) is 25.6 Å². The summed E-state index contributed by atoms with van der Waals surface area (Å²) in [6.07, 6.45) is 1.73. The molecule has 29 heavy (non-hydrogen) atoms. The van der Waals surface area contributed by atoms with Crippen molar-refractivity contribution in [2.24, 2.45) is 4.99 Å². The standard InChI is InChI=1S/C22H21N3O2S2/c1-4-12-25-20(26)19(29-22(25)23-14-15-8-6-5-7-9-15)21-24(2)17-13-16(27-3)10-11-18(17)28-21/h4-11,13H,1,12,14H2,2-3H3/b21-19-,23-22?. The number of rotatable bonds is 5. The number of aliphatic imine (C=N–C) groups is 1. The molecule has 2 aromatic rings. The van der Waals surface area contributed by atoms with Crippen molar-refractivity contribution in [3.05, 3.63) is 76.7 Å². The summed E-state index contributed by atoms with van der Waals surface area (Å²) < 4.78 is 5.35. The summed E-state index contributed by atoms with van der Waals surface area (Å²) >= 11 is 3.03. The quantitative estimate of drug-likeness (QED) is 0.514. The van der Waals surface area contributed by atoms with Crippen LogP contribution < -0.4 is 9.64 Å². The number of carbonyl (C=O) groups is 1. The topological polar surface area (TPSA) is 45.1 Å². The summed E-state index contributed by atoms with van der Waals surface area (Å²) in [6, 6.07) is 16.0. The van der Waals surface area contributed by atoms with Crippen LogP contribution >= 0.6 is 23.5 Å². The van der Waals surface area contributed by atoms with Gasteiger partial charge in [-0.2, -0.15) is 0 Å². The molecule has 2 aliphatic rings. The minimum atomic E-state index is -0.0316. The van der Waals surface area contributed by atoms with E-state index in [-0.39, 0.29) is 5.91 Å². The molecule has 0 aliphatic carbocycles. The fourth-order valence-electron chi connectivity index (χ4n) is 3.14. The zero-order valence-electron chi connectivity index (χ0n) is 16.3. The van der Waals surface area contributed by atoms with E-state index in [9.17, 15) is 4.79 Å². The van der Waals surface area contributed by atoms with Crippen molar-refractivity contribution in [3.63, 3.8) is 0 Å². The van der Waals surface area contributed by atoms with Crippen LogP contribution in [0.3, 0.4) is 0 Å². The number of anilines is 1. The lowest BCUT2D eigenvalue weighted by molar-refractivity contribution is -0.121. The van der Waals surface area contributed by atoms with Crippen LogP contribution in [0.2, 0.25) is 0 Å². The van der Waals surface area contributed by atoms with Crippen LogP contribution in [0.25, 0.3) is 0 Å². The number of hydrogen-bond acceptors (Lipinski definition) is 6. The number of nitrogens with zero attached hydrogens (tertiary/aromatic N) is 3. The number of hydrogen-bond donors (Lipinski definition) is 0. The first-order valence-corrected chi connectivity index (χ1v) is 10.8. The lowest BCUT2D eigenvalue weighted by Gasteiger charge is -2.15. The van der Waals surface area contributed by atoms with E-state index in [1.54, 1.807) is 29.8 Å². The van der Waals surface area contributed by atoms with Crippen LogP contribution in [0.1, 0.15) is 5.56 Å². The molecule has 0 N–H and O–H groups in total. The van der Waals surface area contributed by atoms with Gasteiger partial charge < -0.3 is 9.64 Å². The van der Waals surface area contributed by atoms with Gasteiger partial charge in [-0.1, -0.05) is 48.2 Å². The molecule has 4 rings (SSSR count). The zero-order valence-corrected chi connectivity index (χ0v) is 17.9. The fraction of sp³-hybridized carbons (Fsp3) is 0.182. The average Bonchev–Trinajstić information content (AvgIpc) is 3.24. The molecule has 2 aliphatic heterocycles. The normalized spacial score (nSPS) is 19.8. The Balaban J connectivity index is 1.66. The number of ether oxygens (including phenoxy) is 1. The van der Waals surface area contributed by atoms with Crippen LogP contribution in [0.4, 0.5) is 5.69 Å². The van der Waals surface area contributed by atoms with Crippen molar-refractivity contribution in [2.45, 2.75) is 11.4 Å². The van der Waals surface area contributed by atoms with Gasteiger partial charge in [0.25, 0.3) is 5.91 Å². The van der Waals surface area contributed by atoms with Gasteiger partial charge in [-0.15, -0.1) is 6.58 Å². The minimum absolute atomic E-state index is 0.0316. The molecule has 7 heteroatoms. The van der Waals surface area contributed by atoms with E-state index in [4.69, 9.17) is 9.73 Å². The maximum absolute atomic E-state index is 13.2. The van der Waals surface area contributed by atoms with Gasteiger partial charge in [0, 0.05) is 24.6 Å². The third-order valence-corrected chi connectivity index (χ3v) is 7.12. The summed E-state index contributed by atoms with van der Waals surface area (Å²) in [4.78, 5) is 23.4. The van der Waals surface area contributed by atoms with Crippen molar-refractivity contribution < 1.29 is 9.53 Å². The Morgan fingerprint density at radius 2 is 1.97 bits per heavy atom. The largest absolute Gasteiger partial charge is 0.497 e. The summed E-state index contributed by atoms with van der Waals surface area (Å²) in [5.74, 6) is 0.766. The number of fused-ring (bicyclic) bond motifs is 1. The van der Waals surface area contributed by atoms with E-state index in [2.05, 4.69) is 11.5 Å². The fourth-order valence-corrected chi connectivity index (χ4v) is 5.45. The Morgan fingerprint density at radius 1 is 1.17 bits per heavy atom. The molecule has 1 saturated heterocycles. The van der Waals surface area contributed by atoms with E-state index in [1.807, 2.05) is 55.6 Å². The van der Waals surface area contributed by atoms with Gasteiger partial charge in [0.2, 0.25) is 0 Å². The highest BCUT2D eigenvalue weighted by molar-refractivity contribution is 8.19. The van der Waals surface area contributed by atoms with Gasteiger partial charge >= 0.3 is 0 Å². The molecule has 0 bridgehead atoms. The SMILES string of the molecule is C=CCN1C(=O)/C(=C2/Sc3ccc(OC)cc3N2C)SC1=NCc1ccccc1.